The zero-order chi connectivity index (χ0) is 22.2. The predicted molar refractivity (Wildman–Crippen MR) is 122 cm³/mol. The molecule has 4 aromatic rings. The lowest BCUT2D eigenvalue weighted by Crippen LogP contribution is -2.54. The van der Waals surface area contributed by atoms with E-state index in [1.807, 2.05) is 12.1 Å². The van der Waals surface area contributed by atoms with Crippen LogP contribution >= 0.6 is 0 Å². The molecule has 2 aromatic heterocycles. The first-order valence-electron chi connectivity index (χ1n) is 10.5. The van der Waals surface area contributed by atoms with Crippen molar-refractivity contribution in [3.63, 3.8) is 0 Å². The van der Waals surface area contributed by atoms with Crippen molar-refractivity contribution in [2.75, 3.05) is 30.4 Å². The summed E-state index contributed by atoms with van der Waals surface area (Å²) in [6.07, 6.45) is 3.45. The lowest BCUT2D eigenvalue weighted by Gasteiger charge is -2.38. The van der Waals surface area contributed by atoms with Gasteiger partial charge in [0, 0.05) is 49.3 Å². The van der Waals surface area contributed by atoms with Crippen molar-refractivity contribution < 1.29 is 13.9 Å². The van der Waals surface area contributed by atoms with Crippen molar-refractivity contribution in [1.82, 2.24) is 20.3 Å². The molecule has 0 unspecified atom stereocenters. The normalized spacial score (nSPS) is 18.8. The summed E-state index contributed by atoms with van der Waals surface area (Å²) in [6, 6.07) is 9.75. The standard InChI is InChI=1S/C23H24N6O3/c1-13-11-29(12-14(2)26-13)18-7-5-16(20-21(18)25-9-8-24-20)22(30)27-15-4-6-17-19(10-15)32-23(28-17)31-3/h4-10,13-14,26H,11-12H2,1-3H3,(H,27,30)/t13-,14+. The second-order valence-electron chi connectivity index (χ2n) is 8.08. The summed E-state index contributed by atoms with van der Waals surface area (Å²) in [5, 5.41) is 6.46. The van der Waals surface area contributed by atoms with Crippen molar-refractivity contribution in [1.29, 1.82) is 0 Å². The van der Waals surface area contributed by atoms with E-state index >= 15 is 0 Å². The average molecular weight is 432 g/mol. The number of oxazole rings is 1. The Hall–Kier alpha value is -3.72. The molecule has 0 bridgehead atoms. The molecule has 9 heteroatoms. The van der Waals surface area contributed by atoms with Crippen molar-refractivity contribution in [2.45, 2.75) is 25.9 Å². The van der Waals surface area contributed by atoms with Crippen LogP contribution in [0.1, 0.15) is 24.2 Å². The summed E-state index contributed by atoms with van der Waals surface area (Å²) < 4.78 is 10.5. The molecule has 1 fully saturated rings. The quantitative estimate of drug-likeness (QED) is 0.506. The SMILES string of the molecule is COc1nc2ccc(NC(=O)c3ccc(N4C[C@@H](C)N[C@@H](C)C4)c4nccnc34)cc2o1. The van der Waals surface area contributed by atoms with Crippen LogP contribution in [0, 0.1) is 0 Å². The lowest BCUT2D eigenvalue weighted by atomic mass is 10.1. The molecule has 0 radical (unpaired) electrons. The number of nitrogens with one attached hydrogen (secondary N) is 2. The molecule has 9 nitrogen and oxygen atoms in total. The van der Waals surface area contributed by atoms with E-state index in [9.17, 15) is 4.79 Å². The second-order valence-corrected chi connectivity index (χ2v) is 8.08. The molecule has 3 heterocycles. The van der Waals surface area contributed by atoms with Gasteiger partial charge in [-0.2, -0.15) is 4.98 Å². The Morgan fingerprint density at radius 3 is 2.62 bits per heavy atom. The fourth-order valence-corrected chi connectivity index (χ4v) is 4.27. The molecule has 0 spiro atoms. The van der Waals surface area contributed by atoms with Crippen molar-refractivity contribution in [3.8, 4) is 6.08 Å². The number of hydrogen-bond acceptors (Lipinski definition) is 8. The van der Waals surface area contributed by atoms with Gasteiger partial charge in [-0.1, -0.05) is 0 Å². The van der Waals surface area contributed by atoms with Crippen LogP contribution in [0.3, 0.4) is 0 Å². The number of hydrogen-bond donors (Lipinski definition) is 2. The molecule has 1 aliphatic heterocycles. The van der Waals surface area contributed by atoms with Crippen molar-refractivity contribution >= 4 is 39.4 Å². The molecular weight excluding hydrogens is 408 g/mol. The molecule has 5 rings (SSSR count). The average Bonchev–Trinajstić information content (AvgIpc) is 3.20. The number of carbonyl (C=O) groups is 1. The highest BCUT2D eigenvalue weighted by Gasteiger charge is 2.24. The number of nitrogens with zero attached hydrogens (tertiary/aromatic N) is 4. The molecule has 1 amide bonds. The molecule has 2 atom stereocenters. The minimum atomic E-state index is -0.269. The number of methoxy groups -OCH3 is 1. The largest absolute Gasteiger partial charge is 0.453 e. The van der Waals surface area contributed by atoms with E-state index in [1.54, 1.807) is 30.6 Å². The fraction of sp³-hybridized carbons (Fsp3) is 0.304. The Kier molecular flexibility index (Phi) is 5.10. The Bertz CT molecular complexity index is 1290. The third-order valence-electron chi connectivity index (χ3n) is 5.55. The Labute approximate surface area is 184 Å². The number of anilines is 2. The van der Waals surface area contributed by atoms with E-state index in [2.05, 4.69) is 44.3 Å². The number of carbonyl (C=O) groups excluding carboxylic acids is 1. The van der Waals surface area contributed by atoms with E-state index in [4.69, 9.17) is 9.15 Å². The van der Waals surface area contributed by atoms with Crippen LogP contribution in [0.5, 0.6) is 6.08 Å². The summed E-state index contributed by atoms with van der Waals surface area (Å²) in [6.45, 7) is 6.06. The molecule has 2 aromatic carbocycles. The zero-order valence-corrected chi connectivity index (χ0v) is 18.1. The minimum absolute atomic E-state index is 0.178. The molecule has 32 heavy (non-hydrogen) atoms. The maximum Gasteiger partial charge on any atom is 0.394 e. The van der Waals surface area contributed by atoms with E-state index in [0.29, 0.717) is 40.0 Å². The maximum atomic E-state index is 13.1. The van der Waals surface area contributed by atoms with Crippen molar-refractivity contribution in [3.05, 3.63) is 48.3 Å². The highest BCUT2D eigenvalue weighted by Crippen LogP contribution is 2.29. The first-order valence-corrected chi connectivity index (χ1v) is 10.5. The zero-order valence-electron chi connectivity index (χ0n) is 18.1. The van der Waals surface area contributed by atoms with E-state index in [-0.39, 0.29) is 12.0 Å². The summed E-state index contributed by atoms with van der Waals surface area (Å²) in [4.78, 5) is 28.7. The molecule has 1 aliphatic rings. The molecule has 1 saturated heterocycles. The number of piperazine rings is 1. The number of benzene rings is 2. The van der Waals surface area contributed by atoms with Crippen LogP contribution in [-0.2, 0) is 0 Å². The van der Waals surface area contributed by atoms with Gasteiger partial charge in [-0.25, -0.2) is 0 Å². The van der Waals surface area contributed by atoms with Gasteiger partial charge in [-0.3, -0.25) is 14.8 Å². The maximum absolute atomic E-state index is 13.1. The van der Waals surface area contributed by atoms with Gasteiger partial charge in [0.15, 0.2) is 5.58 Å². The first kappa shape index (κ1) is 20.2. The summed E-state index contributed by atoms with van der Waals surface area (Å²) in [7, 11) is 1.49. The highest BCUT2D eigenvalue weighted by atomic mass is 16.6. The molecule has 0 aliphatic carbocycles. The number of rotatable bonds is 4. The Balaban J connectivity index is 1.47. The van der Waals surface area contributed by atoms with Crippen LogP contribution in [0.2, 0.25) is 0 Å². The summed E-state index contributed by atoms with van der Waals surface area (Å²) in [5.41, 5.74) is 4.51. The molecule has 2 N–H and O–H groups in total. The van der Waals surface area contributed by atoms with E-state index in [0.717, 1.165) is 24.3 Å². The van der Waals surface area contributed by atoms with Crippen LogP contribution < -0.4 is 20.3 Å². The first-order chi connectivity index (χ1) is 15.5. The predicted octanol–water partition coefficient (Wildman–Crippen LogP) is 3.22. The van der Waals surface area contributed by atoms with Crippen LogP contribution in [0.15, 0.2) is 47.1 Å². The van der Waals surface area contributed by atoms with Gasteiger partial charge >= 0.3 is 6.08 Å². The molecule has 164 valence electrons. The van der Waals surface area contributed by atoms with Gasteiger partial charge in [0.1, 0.15) is 16.6 Å². The molecule has 0 saturated carbocycles. The number of fused-ring (bicyclic) bond motifs is 2. The Morgan fingerprint density at radius 2 is 1.88 bits per heavy atom. The van der Waals surface area contributed by atoms with E-state index < -0.39 is 0 Å². The topological polar surface area (TPSA) is 105 Å². The summed E-state index contributed by atoms with van der Waals surface area (Å²) in [5.74, 6) is -0.269. The van der Waals surface area contributed by atoms with Gasteiger partial charge in [-0.05, 0) is 38.1 Å². The van der Waals surface area contributed by atoms with E-state index in [1.165, 1.54) is 7.11 Å². The van der Waals surface area contributed by atoms with Crippen LogP contribution in [0.25, 0.3) is 22.1 Å². The third-order valence-corrected chi connectivity index (χ3v) is 5.55. The van der Waals surface area contributed by atoms with Gasteiger partial charge < -0.3 is 24.7 Å². The Morgan fingerprint density at radius 1 is 1.12 bits per heavy atom. The monoisotopic (exact) mass is 432 g/mol. The fourth-order valence-electron chi connectivity index (χ4n) is 4.27. The highest BCUT2D eigenvalue weighted by molar-refractivity contribution is 6.13. The number of ether oxygens (including phenoxy) is 1. The summed E-state index contributed by atoms with van der Waals surface area (Å²) >= 11 is 0. The van der Waals surface area contributed by atoms with Gasteiger partial charge in [0.05, 0.1) is 18.4 Å². The molecular formula is C23H24N6O3. The van der Waals surface area contributed by atoms with Gasteiger partial charge in [0.25, 0.3) is 5.91 Å². The van der Waals surface area contributed by atoms with Crippen LogP contribution in [0.4, 0.5) is 11.4 Å². The van der Waals surface area contributed by atoms with Crippen LogP contribution in [-0.4, -0.2) is 53.1 Å². The number of amides is 1. The van der Waals surface area contributed by atoms with Crippen molar-refractivity contribution in [2.24, 2.45) is 0 Å². The lowest BCUT2D eigenvalue weighted by molar-refractivity contribution is 0.102. The van der Waals surface area contributed by atoms with Gasteiger partial charge in [-0.15, -0.1) is 0 Å². The minimum Gasteiger partial charge on any atom is -0.453 e. The number of aromatic nitrogens is 3. The smallest absolute Gasteiger partial charge is 0.394 e. The third kappa shape index (κ3) is 3.71. The van der Waals surface area contributed by atoms with Gasteiger partial charge in [0.2, 0.25) is 0 Å². The second kappa shape index (κ2) is 8.08.